The molecule has 0 bridgehead atoms. The first-order valence-corrected chi connectivity index (χ1v) is 9.71. The van der Waals surface area contributed by atoms with E-state index in [2.05, 4.69) is 10.1 Å². The fraction of sp³-hybridized carbons (Fsp3) is 0.318. The molecule has 1 unspecified atom stereocenters. The zero-order chi connectivity index (χ0) is 21.1. The summed E-state index contributed by atoms with van der Waals surface area (Å²) in [6, 6.07) is 12.9. The summed E-state index contributed by atoms with van der Waals surface area (Å²) < 4.78 is 21.6. The number of aromatic nitrogens is 2. The van der Waals surface area contributed by atoms with Gasteiger partial charge in [0.2, 0.25) is 17.6 Å². The number of carbonyl (C=O) groups excluding carboxylic acids is 1. The van der Waals surface area contributed by atoms with Crippen LogP contribution in [0.1, 0.15) is 25.2 Å². The molecule has 2 aromatic carbocycles. The second-order valence-electron chi connectivity index (χ2n) is 6.89. The minimum Gasteiger partial charge on any atom is -0.497 e. The molecule has 0 aliphatic carbocycles. The highest BCUT2D eigenvalue weighted by atomic mass is 16.5. The smallest absolute Gasteiger partial charge is 0.232 e. The fourth-order valence-corrected chi connectivity index (χ4v) is 3.47. The third-order valence-corrected chi connectivity index (χ3v) is 4.99. The third kappa shape index (κ3) is 3.94. The van der Waals surface area contributed by atoms with Gasteiger partial charge in [0.05, 0.1) is 26.7 Å². The number of methoxy groups -OCH3 is 2. The van der Waals surface area contributed by atoms with Crippen LogP contribution in [0.15, 0.2) is 47.0 Å². The monoisotopic (exact) mass is 409 g/mol. The highest BCUT2D eigenvalue weighted by Crippen LogP contribution is 2.34. The van der Waals surface area contributed by atoms with Crippen molar-refractivity contribution in [3.63, 3.8) is 0 Å². The van der Waals surface area contributed by atoms with Crippen LogP contribution < -0.4 is 19.1 Å². The zero-order valence-corrected chi connectivity index (χ0v) is 17.1. The maximum absolute atomic E-state index is 12.6. The van der Waals surface area contributed by atoms with Crippen LogP contribution in [0.2, 0.25) is 0 Å². The molecule has 0 N–H and O–H groups in total. The Morgan fingerprint density at radius 3 is 2.40 bits per heavy atom. The van der Waals surface area contributed by atoms with E-state index in [9.17, 15) is 4.79 Å². The molecule has 1 fully saturated rings. The molecule has 156 valence electrons. The maximum atomic E-state index is 12.6. The molecule has 1 aliphatic heterocycles. The molecule has 1 amide bonds. The summed E-state index contributed by atoms with van der Waals surface area (Å²) in [5, 5.41) is 4.09. The Morgan fingerprint density at radius 2 is 1.77 bits per heavy atom. The average molecular weight is 409 g/mol. The first-order chi connectivity index (χ1) is 14.6. The SMILES string of the molecule is CCOc1ccc(N2CC(c3nc(-c4cc(OC)cc(OC)c4)no3)CC2=O)cc1. The Labute approximate surface area is 174 Å². The van der Waals surface area contributed by atoms with Crippen LogP contribution >= 0.6 is 0 Å². The molecule has 1 aromatic heterocycles. The normalized spacial score (nSPS) is 16.0. The lowest BCUT2D eigenvalue weighted by Gasteiger charge is -2.16. The Hall–Kier alpha value is -3.55. The van der Waals surface area contributed by atoms with Crippen molar-refractivity contribution >= 4 is 11.6 Å². The lowest BCUT2D eigenvalue weighted by atomic mass is 10.1. The van der Waals surface area contributed by atoms with Crippen molar-refractivity contribution in [3.8, 4) is 28.6 Å². The van der Waals surface area contributed by atoms with E-state index in [4.69, 9.17) is 18.7 Å². The number of rotatable bonds is 7. The van der Waals surface area contributed by atoms with Gasteiger partial charge in [-0.05, 0) is 43.3 Å². The van der Waals surface area contributed by atoms with E-state index < -0.39 is 0 Å². The van der Waals surface area contributed by atoms with E-state index in [-0.39, 0.29) is 11.8 Å². The van der Waals surface area contributed by atoms with Gasteiger partial charge in [0.25, 0.3) is 0 Å². The third-order valence-electron chi connectivity index (χ3n) is 4.99. The topological polar surface area (TPSA) is 86.9 Å². The van der Waals surface area contributed by atoms with Gasteiger partial charge in [-0.1, -0.05) is 5.16 Å². The van der Waals surface area contributed by atoms with Crippen molar-refractivity contribution in [2.45, 2.75) is 19.3 Å². The van der Waals surface area contributed by atoms with Crippen LogP contribution in [0, 0.1) is 0 Å². The van der Waals surface area contributed by atoms with E-state index in [0.29, 0.717) is 48.4 Å². The lowest BCUT2D eigenvalue weighted by Crippen LogP contribution is -2.24. The minimum atomic E-state index is -0.169. The number of amides is 1. The van der Waals surface area contributed by atoms with Crippen LogP contribution in [-0.2, 0) is 4.79 Å². The molecular formula is C22H23N3O5. The molecule has 0 radical (unpaired) electrons. The van der Waals surface area contributed by atoms with Gasteiger partial charge in [-0.2, -0.15) is 4.98 Å². The van der Waals surface area contributed by atoms with E-state index in [1.165, 1.54) is 0 Å². The largest absolute Gasteiger partial charge is 0.497 e. The predicted octanol–water partition coefficient (Wildman–Crippen LogP) is 3.67. The van der Waals surface area contributed by atoms with Gasteiger partial charge < -0.3 is 23.6 Å². The number of hydrogen-bond acceptors (Lipinski definition) is 7. The number of ether oxygens (including phenoxy) is 3. The van der Waals surface area contributed by atoms with E-state index in [1.54, 1.807) is 25.2 Å². The predicted molar refractivity (Wildman–Crippen MR) is 110 cm³/mol. The molecule has 0 saturated carbocycles. The molecule has 1 atom stereocenters. The van der Waals surface area contributed by atoms with E-state index in [0.717, 1.165) is 11.4 Å². The lowest BCUT2D eigenvalue weighted by molar-refractivity contribution is -0.117. The number of nitrogens with zero attached hydrogens (tertiary/aromatic N) is 3. The highest BCUT2D eigenvalue weighted by Gasteiger charge is 2.35. The summed E-state index contributed by atoms with van der Waals surface area (Å²) in [4.78, 5) is 18.8. The van der Waals surface area contributed by atoms with Crippen LogP contribution in [0.3, 0.4) is 0 Å². The standard InChI is InChI=1S/C22H23N3O5/c1-4-29-17-7-5-16(6-8-17)25-13-15(11-20(25)26)22-23-21(24-30-22)14-9-18(27-2)12-19(10-14)28-3/h5-10,12,15H,4,11,13H2,1-3H3. The molecule has 1 saturated heterocycles. The summed E-state index contributed by atoms with van der Waals surface area (Å²) in [7, 11) is 3.17. The maximum Gasteiger partial charge on any atom is 0.232 e. The second-order valence-corrected chi connectivity index (χ2v) is 6.89. The molecular weight excluding hydrogens is 386 g/mol. The quantitative estimate of drug-likeness (QED) is 0.588. The van der Waals surface area contributed by atoms with Crippen molar-refractivity contribution in [1.29, 1.82) is 0 Å². The molecule has 4 rings (SSSR count). The average Bonchev–Trinajstić information content (AvgIpc) is 3.41. The summed E-state index contributed by atoms with van der Waals surface area (Å²) in [5.41, 5.74) is 1.54. The van der Waals surface area contributed by atoms with Crippen LogP contribution in [-0.4, -0.2) is 43.4 Å². The first kappa shape index (κ1) is 19.8. The summed E-state index contributed by atoms with van der Waals surface area (Å²) in [6.07, 6.45) is 0.316. The molecule has 2 heterocycles. The molecule has 30 heavy (non-hydrogen) atoms. The number of carbonyl (C=O) groups is 1. The van der Waals surface area contributed by atoms with E-state index >= 15 is 0 Å². The molecule has 8 nitrogen and oxygen atoms in total. The van der Waals surface area contributed by atoms with Gasteiger partial charge in [0.1, 0.15) is 17.2 Å². The van der Waals surface area contributed by atoms with Gasteiger partial charge in [0.15, 0.2) is 0 Å². The highest BCUT2D eigenvalue weighted by molar-refractivity contribution is 5.96. The number of hydrogen-bond donors (Lipinski definition) is 0. The van der Waals surface area contributed by atoms with Gasteiger partial charge in [-0.3, -0.25) is 4.79 Å². The van der Waals surface area contributed by atoms with Gasteiger partial charge in [-0.15, -0.1) is 0 Å². The first-order valence-electron chi connectivity index (χ1n) is 9.71. The zero-order valence-electron chi connectivity index (χ0n) is 17.1. The summed E-state index contributed by atoms with van der Waals surface area (Å²) in [6.45, 7) is 3.02. The minimum absolute atomic E-state index is 0.0203. The van der Waals surface area contributed by atoms with Crippen LogP contribution in [0.25, 0.3) is 11.4 Å². The van der Waals surface area contributed by atoms with Crippen molar-refractivity contribution in [2.24, 2.45) is 0 Å². The summed E-state index contributed by atoms with van der Waals surface area (Å²) in [5.74, 6) is 2.76. The summed E-state index contributed by atoms with van der Waals surface area (Å²) >= 11 is 0. The van der Waals surface area contributed by atoms with Crippen molar-refractivity contribution < 1.29 is 23.5 Å². The van der Waals surface area contributed by atoms with Crippen molar-refractivity contribution in [3.05, 3.63) is 48.4 Å². The van der Waals surface area contributed by atoms with Gasteiger partial charge >= 0.3 is 0 Å². The molecule has 8 heteroatoms. The van der Waals surface area contributed by atoms with Crippen molar-refractivity contribution in [2.75, 3.05) is 32.3 Å². The number of anilines is 1. The Kier molecular flexibility index (Phi) is 5.56. The molecule has 3 aromatic rings. The van der Waals surface area contributed by atoms with Crippen molar-refractivity contribution in [1.82, 2.24) is 10.1 Å². The second kappa shape index (κ2) is 8.44. The Bertz CT molecular complexity index is 1010. The van der Waals surface area contributed by atoms with Gasteiger partial charge in [0, 0.05) is 30.3 Å². The Morgan fingerprint density at radius 1 is 1.07 bits per heavy atom. The van der Waals surface area contributed by atoms with Gasteiger partial charge in [-0.25, -0.2) is 0 Å². The molecule has 1 aliphatic rings. The van der Waals surface area contributed by atoms with Crippen LogP contribution in [0.4, 0.5) is 5.69 Å². The number of benzene rings is 2. The van der Waals surface area contributed by atoms with E-state index in [1.807, 2.05) is 43.3 Å². The Balaban J connectivity index is 1.52. The molecule has 0 spiro atoms. The fourth-order valence-electron chi connectivity index (χ4n) is 3.47. The van der Waals surface area contributed by atoms with Crippen LogP contribution in [0.5, 0.6) is 17.2 Å².